The number of carbonyl (C=O) groups excluding carboxylic acids is 2. The van der Waals surface area contributed by atoms with Gasteiger partial charge in [-0.25, -0.2) is 4.57 Å². The molecule has 10 nitrogen and oxygen atoms in total. The molecule has 0 heterocycles. The molecular weight excluding hydrogens is 840 g/mol. The van der Waals surface area contributed by atoms with Crippen molar-refractivity contribution in [3.63, 3.8) is 0 Å². The summed E-state index contributed by atoms with van der Waals surface area (Å²) in [5.74, 6) is -0.956. The van der Waals surface area contributed by atoms with Gasteiger partial charge in [0.15, 0.2) is 6.10 Å². The predicted octanol–water partition coefficient (Wildman–Crippen LogP) is 15.0. The van der Waals surface area contributed by atoms with Crippen LogP contribution in [0.4, 0.5) is 0 Å². The lowest BCUT2D eigenvalue weighted by atomic mass is 10.0. The maximum absolute atomic E-state index is 12.7. The van der Waals surface area contributed by atoms with E-state index in [0.29, 0.717) is 12.8 Å². The molecule has 0 saturated heterocycles. The zero-order valence-electron chi connectivity index (χ0n) is 41.4. The largest absolute Gasteiger partial charge is 0.472 e. The second kappa shape index (κ2) is 49.6. The monoisotopic (exact) mass is 937 g/mol. The number of aliphatic hydroxyl groups is 2. The third-order valence-electron chi connectivity index (χ3n) is 11.2. The van der Waals surface area contributed by atoms with E-state index in [1.54, 1.807) is 0 Å². The third kappa shape index (κ3) is 49.4. The van der Waals surface area contributed by atoms with Crippen LogP contribution < -0.4 is 0 Å². The molecule has 3 N–H and O–H groups in total. The van der Waals surface area contributed by atoms with Crippen molar-refractivity contribution in [2.75, 3.05) is 26.4 Å². The number of aliphatic hydroxyl groups excluding tert-OH is 2. The highest BCUT2D eigenvalue weighted by molar-refractivity contribution is 7.47. The zero-order chi connectivity index (χ0) is 47.6. The fourth-order valence-electron chi connectivity index (χ4n) is 7.20. The fourth-order valence-corrected chi connectivity index (χ4v) is 7.99. The smallest absolute Gasteiger partial charge is 0.462 e. The van der Waals surface area contributed by atoms with Gasteiger partial charge in [-0.3, -0.25) is 18.6 Å². The molecule has 0 rings (SSSR count). The van der Waals surface area contributed by atoms with E-state index in [1.165, 1.54) is 122 Å². The summed E-state index contributed by atoms with van der Waals surface area (Å²) in [4.78, 5) is 35.2. The van der Waals surface area contributed by atoms with Crippen molar-refractivity contribution in [1.29, 1.82) is 0 Å². The molecule has 65 heavy (non-hydrogen) atoms. The van der Waals surface area contributed by atoms with Crippen molar-refractivity contribution in [1.82, 2.24) is 0 Å². The van der Waals surface area contributed by atoms with Crippen LogP contribution in [0, 0.1) is 0 Å². The molecule has 0 aromatic carbocycles. The van der Waals surface area contributed by atoms with Gasteiger partial charge in [0, 0.05) is 12.8 Å². The normalized spacial score (nSPS) is 14.1. The molecule has 3 atom stereocenters. The molecule has 0 radical (unpaired) electrons. The van der Waals surface area contributed by atoms with Gasteiger partial charge >= 0.3 is 19.8 Å². The second-order valence-electron chi connectivity index (χ2n) is 17.5. The van der Waals surface area contributed by atoms with Gasteiger partial charge in [0.2, 0.25) is 0 Å². The summed E-state index contributed by atoms with van der Waals surface area (Å²) >= 11 is 0. The average molecular weight is 937 g/mol. The number of allylic oxidation sites excluding steroid dienone is 10. The SMILES string of the molecule is CC/C=C/C/C=C/C/C=C/C/C=C/C/C=C/CCCCCC(=O)OC[C@H](COP(=O)(O)OC[C@@H](O)CO)OC(=O)CCCCCCCCCCCCCCCCCCCCCCCCC. The number of phosphoric acid groups is 1. The van der Waals surface area contributed by atoms with Crippen LogP contribution in [0.3, 0.4) is 0 Å². The predicted molar refractivity (Wildman–Crippen MR) is 270 cm³/mol. The Morgan fingerprint density at radius 1 is 0.477 bits per heavy atom. The minimum absolute atomic E-state index is 0.178. The van der Waals surface area contributed by atoms with Crippen molar-refractivity contribution in [2.24, 2.45) is 0 Å². The van der Waals surface area contributed by atoms with Crippen LogP contribution >= 0.6 is 7.82 Å². The van der Waals surface area contributed by atoms with Crippen molar-refractivity contribution in [2.45, 2.75) is 244 Å². The van der Waals surface area contributed by atoms with Gasteiger partial charge in [0.25, 0.3) is 0 Å². The maximum atomic E-state index is 12.7. The number of hydrogen-bond acceptors (Lipinski definition) is 9. The first-order valence-corrected chi connectivity index (χ1v) is 27.7. The van der Waals surface area contributed by atoms with E-state index in [2.05, 4.69) is 74.6 Å². The van der Waals surface area contributed by atoms with Crippen LogP contribution in [0.2, 0.25) is 0 Å². The van der Waals surface area contributed by atoms with E-state index in [4.69, 9.17) is 23.6 Å². The topological polar surface area (TPSA) is 149 Å². The van der Waals surface area contributed by atoms with Gasteiger partial charge in [-0.1, -0.05) is 222 Å². The number of rotatable bonds is 49. The fraction of sp³-hybridized carbons (Fsp3) is 0.778. The quantitative estimate of drug-likeness (QED) is 0.0233. The Kier molecular flexibility index (Phi) is 47.8. The van der Waals surface area contributed by atoms with E-state index in [-0.39, 0.29) is 19.4 Å². The first-order chi connectivity index (χ1) is 31.7. The molecule has 0 amide bonds. The molecule has 0 fully saturated rings. The van der Waals surface area contributed by atoms with Crippen molar-refractivity contribution in [3.05, 3.63) is 60.8 Å². The molecule has 1 unspecified atom stereocenters. The van der Waals surface area contributed by atoms with E-state index >= 15 is 0 Å². The molecule has 378 valence electrons. The summed E-state index contributed by atoms with van der Waals surface area (Å²) in [6.45, 7) is 2.27. The molecule has 0 aliphatic carbocycles. The second-order valence-corrected chi connectivity index (χ2v) is 19.0. The number of esters is 2. The Bertz CT molecular complexity index is 1260. The van der Waals surface area contributed by atoms with E-state index in [1.807, 2.05) is 0 Å². The van der Waals surface area contributed by atoms with E-state index < -0.39 is 51.8 Å². The highest BCUT2D eigenvalue weighted by atomic mass is 31.2. The molecule has 0 aliphatic rings. The maximum Gasteiger partial charge on any atom is 0.472 e. The highest BCUT2D eigenvalue weighted by Gasteiger charge is 2.27. The first kappa shape index (κ1) is 62.7. The van der Waals surface area contributed by atoms with Crippen molar-refractivity contribution >= 4 is 19.8 Å². The molecule has 0 saturated carbocycles. The van der Waals surface area contributed by atoms with E-state index in [9.17, 15) is 24.2 Å². The Morgan fingerprint density at radius 2 is 0.846 bits per heavy atom. The zero-order valence-corrected chi connectivity index (χ0v) is 42.3. The number of carbonyl (C=O) groups is 2. The molecule has 0 bridgehead atoms. The Labute approximate surface area is 397 Å². The van der Waals surface area contributed by atoms with Crippen LogP contribution in [0.5, 0.6) is 0 Å². The van der Waals surface area contributed by atoms with Gasteiger partial charge < -0.3 is 24.6 Å². The van der Waals surface area contributed by atoms with Crippen LogP contribution in [0.1, 0.15) is 232 Å². The molecular formula is C54H97O10P. The lowest BCUT2D eigenvalue weighted by Crippen LogP contribution is -2.29. The number of hydrogen-bond donors (Lipinski definition) is 3. The summed E-state index contributed by atoms with van der Waals surface area (Å²) in [5.41, 5.74) is 0. The summed E-state index contributed by atoms with van der Waals surface area (Å²) in [6, 6.07) is 0. The lowest BCUT2D eigenvalue weighted by molar-refractivity contribution is -0.161. The molecule has 0 spiro atoms. The Morgan fingerprint density at radius 3 is 1.28 bits per heavy atom. The summed E-state index contributed by atoms with van der Waals surface area (Å²) in [7, 11) is -4.63. The average Bonchev–Trinajstić information content (AvgIpc) is 3.30. The van der Waals surface area contributed by atoms with Crippen LogP contribution in [0.15, 0.2) is 60.8 Å². The third-order valence-corrected chi connectivity index (χ3v) is 12.1. The van der Waals surface area contributed by atoms with E-state index in [0.717, 1.165) is 70.6 Å². The Hall–Kier alpha value is -2.33. The van der Waals surface area contributed by atoms with Gasteiger partial charge in [0.05, 0.1) is 19.8 Å². The van der Waals surface area contributed by atoms with Gasteiger partial charge in [-0.05, 0) is 57.8 Å². The molecule has 11 heteroatoms. The molecule has 0 aliphatic heterocycles. The summed E-state index contributed by atoms with van der Waals surface area (Å²) in [6.07, 6.45) is 57.7. The Balaban J connectivity index is 4.19. The summed E-state index contributed by atoms with van der Waals surface area (Å²) in [5, 5.41) is 18.4. The van der Waals surface area contributed by atoms with Crippen LogP contribution in [-0.4, -0.2) is 65.7 Å². The molecule has 0 aromatic rings. The highest BCUT2D eigenvalue weighted by Crippen LogP contribution is 2.43. The van der Waals surface area contributed by atoms with Crippen molar-refractivity contribution in [3.8, 4) is 0 Å². The van der Waals surface area contributed by atoms with Gasteiger partial charge in [0.1, 0.15) is 12.7 Å². The van der Waals surface area contributed by atoms with Crippen LogP contribution in [-0.2, 0) is 32.7 Å². The van der Waals surface area contributed by atoms with Gasteiger partial charge in [-0.15, -0.1) is 0 Å². The number of ether oxygens (including phenoxy) is 2. The minimum Gasteiger partial charge on any atom is -0.462 e. The van der Waals surface area contributed by atoms with Crippen LogP contribution in [0.25, 0.3) is 0 Å². The number of phosphoric ester groups is 1. The van der Waals surface area contributed by atoms with Crippen molar-refractivity contribution < 1.29 is 47.8 Å². The molecule has 0 aromatic heterocycles. The summed E-state index contributed by atoms with van der Waals surface area (Å²) < 4.78 is 32.9. The minimum atomic E-state index is -4.63. The lowest BCUT2D eigenvalue weighted by Gasteiger charge is -2.20. The van der Waals surface area contributed by atoms with Gasteiger partial charge in [-0.2, -0.15) is 0 Å². The standard InChI is InChI=1S/C54H97O10P/c1-3-5-7-9-11-13-15-17-19-21-23-24-25-26-28-30-32-34-36-38-40-42-44-46-54(58)64-52(50-63-65(59,60)62-48-51(56)47-55)49-61-53(57)45-43-41-39-37-35-33-31-29-27-22-20-18-16-14-12-10-8-6-4-2/h6,8,12,14,18,20,27,29,33,35,51-52,55-56H,3-5,7,9-11,13,15-17,19,21-26,28,30-32,34,36-50H2,1-2H3,(H,59,60)/b8-6+,14-12+,20-18+,29-27+,35-33+/t51-,52+/m0/s1. The number of unbranched alkanes of at least 4 members (excludes halogenated alkanes) is 25. The first-order valence-electron chi connectivity index (χ1n) is 26.2.